The van der Waals surface area contributed by atoms with Crippen LogP contribution in [0.1, 0.15) is 38.5 Å². The van der Waals surface area contributed by atoms with E-state index in [0.29, 0.717) is 5.92 Å². The Morgan fingerprint density at radius 3 is 2.71 bits per heavy atom. The highest BCUT2D eigenvalue weighted by Crippen LogP contribution is 2.29. The standard InChI is InChI=1S/C16H21N3O2/c1-11(2)17-16(20)19-9-7-12(8-10-19)15-18-13-5-3-4-6-14(13)21-15/h3-6,11-12H,7-10H2,1-2H3,(H,17,20). The summed E-state index contributed by atoms with van der Waals surface area (Å²) < 4.78 is 5.84. The van der Waals surface area contributed by atoms with Crippen molar-refractivity contribution in [1.82, 2.24) is 15.2 Å². The smallest absolute Gasteiger partial charge is 0.317 e. The maximum atomic E-state index is 12.0. The number of aromatic nitrogens is 1. The number of likely N-dealkylation sites (tertiary alicyclic amines) is 1. The Labute approximate surface area is 124 Å². The Balaban J connectivity index is 1.64. The average molecular weight is 287 g/mol. The first kappa shape index (κ1) is 13.9. The van der Waals surface area contributed by atoms with Crippen molar-refractivity contribution in [1.29, 1.82) is 0 Å². The van der Waals surface area contributed by atoms with Gasteiger partial charge in [-0.2, -0.15) is 0 Å². The van der Waals surface area contributed by atoms with Crippen LogP contribution in [0.25, 0.3) is 11.1 Å². The van der Waals surface area contributed by atoms with Gasteiger partial charge in [-0.05, 0) is 38.8 Å². The second-order valence-electron chi connectivity index (χ2n) is 5.89. The minimum atomic E-state index is 0.0287. The van der Waals surface area contributed by atoms with Gasteiger partial charge in [0, 0.05) is 25.0 Å². The van der Waals surface area contributed by atoms with Crippen LogP contribution in [-0.2, 0) is 0 Å². The van der Waals surface area contributed by atoms with E-state index in [2.05, 4.69) is 10.3 Å². The summed E-state index contributed by atoms with van der Waals surface area (Å²) >= 11 is 0. The molecule has 112 valence electrons. The van der Waals surface area contributed by atoms with Crippen molar-refractivity contribution in [2.45, 2.75) is 38.6 Å². The van der Waals surface area contributed by atoms with Gasteiger partial charge in [-0.25, -0.2) is 9.78 Å². The van der Waals surface area contributed by atoms with Crippen molar-refractivity contribution in [2.75, 3.05) is 13.1 Å². The van der Waals surface area contributed by atoms with Gasteiger partial charge in [-0.15, -0.1) is 0 Å². The first-order valence-corrected chi connectivity index (χ1v) is 7.54. The molecule has 1 aromatic heterocycles. The monoisotopic (exact) mass is 287 g/mol. The molecule has 2 amide bonds. The Morgan fingerprint density at radius 2 is 2.05 bits per heavy atom. The van der Waals surface area contributed by atoms with Crippen LogP contribution >= 0.6 is 0 Å². The first-order chi connectivity index (χ1) is 10.1. The van der Waals surface area contributed by atoms with Gasteiger partial charge < -0.3 is 14.6 Å². The number of carbonyl (C=O) groups is 1. The van der Waals surface area contributed by atoms with E-state index in [4.69, 9.17) is 4.42 Å². The van der Waals surface area contributed by atoms with E-state index in [-0.39, 0.29) is 12.1 Å². The van der Waals surface area contributed by atoms with Crippen molar-refractivity contribution in [3.63, 3.8) is 0 Å². The number of urea groups is 1. The summed E-state index contributed by atoms with van der Waals surface area (Å²) in [6.45, 7) is 5.45. The number of fused-ring (bicyclic) bond motifs is 1. The Morgan fingerprint density at radius 1 is 1.33 bits per heavy atom. The number of oxazole rings is 1. The summed E-state index contributed by atoms with van der Waals surface area (Å²) in [6.07, 6.45) is 1.80. The van der Waals surface area contributed by atoms with Crippen molar-refractivity contribution in [2.24, 2.45) is 0 Å². The molecular weight excluding hydrogens is 266 g/mol. The zero-order valence-corrected chi connectivity index (χ0v) is 12.5. The van der Waals surface area contributed by atoms with E-state index >= 15 is 0 Å². The number of carbonyl (C=O) groups excluding carboxylic acids is 1. The van der Waals surface area contributed by atoms with E-state index < -0.39 is 0 Å². The first-order valence-electron chi connectivity index (χ1n) is 7.54. The van der Waals surface area contributed by atoms with E-state index in [0.717, 1.165) is 42.9 Å². The highest BCUT2D eigenvalue weighted by molar-refractivity contribution is 5.74. The lowest BCUT2D eigenvalue weighted by Crippen LogP contribution is -2.46. The van der Waals surface area contributed by atoms with E-state index in [1.165, 1.54) is 0 Å². The van der Waals surface area contributed by atoms with Crippen molar-refractivity contribution in [3.05, 3.63) is 30.2 Å². The second kappa shape index (κ2) is 5.76. The quantitative estimate of drug-likeness (QED) is 0.923. The van der Waals surface area contributed by atoms with Gasteiger partial charge in [-0.1, -0.05) is 12.1 Å². The summed E-state index contributed by atoms with van der Waals surface area (Å²) in [6, 6.07) is 8.03. The number of rotatable bonds is 2. The molecule has 0 bridgehead atoms. The number of hydrogen-bond acceptors (Lipinski definition) is 3. The third-order valence-electron chi connectivity index (χ3n) is 3.85. The topological polar surface area (TPSA) is 58.4 Å². The van der Waals surface area contributed by atoms with Crippen molar-refractivity contribution < 1.29 is 9.21 Å². The van der Waals surface area contributed by atoms with Crippen molar-refractivity contribution >= 4 is 17.1 Å². The Hall–Kier alpha value is -2.04. The lowest BCUT2D eigenvalue weighted by Gasteiger charge is -2.31. The lowest BCUT2D eigenvalue weighted by molar-refractivity contribution is 0.175. The van der Waals surface area contributed by atoms with Crippen LogP contribution in [0.2, 0.25) is 0 Å². The number of nitrogens with zero attached hydrogens (tertiary/aromatic N) is 2. The molecule has 2 aromatic rings. The summed E-state index contributed by atoms with van der Waals surface area (Å²) in [5, 5.41) is 2.94. The molecule has 0 radical (unpaired) electrons. The molecule has 1 fully saturated rings. The van der Waals surface area contributed by atoms with Crippen molar-refractivity contribution in [3.8, 4) is 0 Å². The lowest BCUT2D eigenvalue weighted by atomic mass is 9.97. The summed E-state index contributed by atoms with van der Waals surface area (Å²) in [4.78, 5) is 18.4. The van der Waals surface area contributed by atoms with E-state index in [1.807, 2.05) is 43.0 Å². The molecule has 1 aliphatic heterocycles. The summed E-state index contributed by atoms with van der Waals surface area (Å²) in [5.74, 6) is 1.11. The maximum absolute atomic E-state index is 12.0. The fourth-order valence-electron chi connectivity index (χ4n) is 2.73. The number of hydrogen-bond donors (Lipinski definition) is 1. The number of amides is 2. The molecule has 2 heterocycles. The highest BCUT2D eigenvalue weighted by atomic mass is 16.3. The second-order valence-corrected chi connectivity index (χ2v) is 5.89. The molecule has 1 saturated heterocycles. The molecule has 0 atom stereocenters. The predicted molar refractivity (Wildman–Crippen MR) is 81.2 cm³/mol. The fourth-order valence-corrected chi connectivity index (χ4v) is 2.73. The minimum Gasteiger partial charge on any atom is -0.440 e. The molecule has 1 aliphatic rings. The van der Waals surface area contributed by atoms with Crippen LogP contribution < -0.4 is 5.32 Å². The minimum absolute atomic E-state index is 0.0287. The average Bonchev–Trinajstić information content (AvgIpc) is 2.90. The van der Waals surface area contributed by atoms with Gasteiger partial charge in [0.15, 0.2) is 11.5 Å². The van der Waals surface area contributed by atoms with Crippen LogP contribution in [0.15, 0.2) is 28.7 Å². The summed E-state index contributed by atoms with van der Waals surface area (Å²) in [7, 11) is 0. The molecule has 0 unspecified atom stereocenters. The van der Waals surface area contributed by atoms with Crippen LogP contribution in [0.5, 0.6) is 0 Å². The predicted octanol–water partition coefficient (Wildman–Crippen LogP) is 3.13. The Kier molecular flexibility index (Phi) is 3.82. The van der Waals surface area contributed by atoms with Gasteiger partial charge in [0.05, 0.1) is 0 Å². The SMILES string of the molecule is CC(C)NC(=O)N1CCC(c2nc3ccccc3o2)CC1. The number of para-hydroxylation sites is 2. The third kappa shape index (κ3) is 3.01. The zero-order chi connectivity index (χ0) is 14.8. The highest BCUT2D eigenvalue weighted by Gasteiger charge is 2.27. The van der Waals surface area contributed by atoms with Gasteiger partial charge in [0.25, 0.3) is 0 Å². The van der Waals surface area contributed by atoms with Crippen LogP contribution in [0, 0.1) is 0 Å². The largest absolute Gasteiger partial charge is 0.440 e. The molecule has 0 saturated carbocycles. The van der Waals surface area contributed by atoms with Crippen LogP contribution in [0.4, 0.5) is 4.79 Å². The normalized spacial score (nSPS) is 16.6. The molecule has 21 heavy (non-hydrogen) atoms. The summed E-state index contributed by atoms with van der Waals surface area (Å²) in [5.41, 5.74) is 1.75. The fraction of sp³-hybridized carbons (Fsp3) is 0.500. The van der Waals surface area contributed by atoms with Gasteiger partial charge >= 0.3 is 6.03 Å². The molecule has 5 heteroatoms. The molecule has 0 aliphatic carbocycles. The van der Waals surface area contributed by atoms with E-state index in [9.17, 15) is 4.79 Å². The van der Waals surface area contributed by atoms with Crippen LogP contribution in [-0.4, -0.2) is 35.0 Å². The molecule has 5 nitrogen and oxygen atoms in total. The number of piperidine rings is 1. The molecule has 3 rings (SSSR count). The number of benzene rings is 1. The van der Waals surface area contributed by atoms with Gasteiger partial charge in [0.1, 0.15) is 5.52 Å². The molecule has 1 N–H and O–H groups in total. The Bertz CT molecular complexity index is 594. The molecule has 0 spiro atoms. The third-order valence-corrected chi connectivity index (χ3v) is 3.85. The van der Waals surface area contributed by atoms with Gasteiger partial charge in [0.2, 0.25) is 0 Å². The van der Waals surface area contributed by atoms with Gasteiger partial charge in [-0.3, -0.25) is 0 Å². The maximum Gasteiger partial charge on any atom is 0.317 e. The molecular formula is C16H21N3O2. The number of nitrogens with one attached hydrogen (secondary N) is 1. The van der Waals surface area contributed by atoms with Crippen LogP contribution in [0.3, 0.4) is 0 Å². The zero-order valence-electron chi connectivity index (χ0n) is 12.5. The molecule has 1 aromatic carbocycles. The van der Waals surface area contributed by atoms with E-state index in [1.54, 1.807) is 0 Å².